The molecule has 0 unspecified atom stereocenters. The Morgan fingerprint density at radius 2 is 1.70 bits per heavy atom. The third-order valence-corrected chi connectivity index (χ3v) is 3.85. The SMILES string of the molecule is CCCCCCCc1n[nH]nc1C.c1ccc2ncccc2c1. The standard InChI is InChI=1S/C10H19N3.C9H7N/c1-3-4-5-6-7-8-10-9(2)11-13-12-10;1-2-6-9-8(4-1)5-3-7-10-9/h3-8H2,1-2H3,(H,11,12,13);1-7H. The minimum atomic E-state index is 1.05. The molecule has 3 rings (SSSR count). The first-order chi connectivity index (χ1) is 11.3. The first kappa shape index (κ1) is 17.1. The number of aromatic nitrogens is 4. The number of rotatable bonds is 6. The van der Waals surface area contributed by atoms with E-state index in [1.807, 2.05) is 37.4 Å². The third-order valence-electron chi connectivity index (χ3n) is 3.85. The molecule has 122 valence electrons. The van der Waals surface area contributed by atoms with Crippen LogP contribution < -0.4 is 0 Å². The Labute approximate surface area is 138 Å². The number of benzene rings is 1. The van der Waals surface area contributed by atoms with Crippen LogP contribution in [0.5, 0.6) is 0 Å². The zero-order valence-corrected chi connectivity index (χ0v) is 14.1. The Morgan fingerprint density at radius 3 is 2.43 bits per heavy atom. The number of nitrogens with one attached hydrogen (secondary N) is 1. The Hall–Kier alpha value is -2.23. The normalized spacial score (nSPS) is 10.3. The van der Waals surface area contributed by atoms with Crippen molar-refractivity contribution in [3.05, 3.63) is 54.0 Å². The minimum absolute atomic E-state index is 1.05. The van der Waals surface area contributed by atoms with Crippen LogP contribution >= 0.6 is 0 Å². The van der Waals surface area contributed by atoms with Gasteiger partial charge in [0.1, 0.15) is 0 Å². The molecule has 0 aliphatic rings. The number of hydrogen-bond donors (Lipinski definition) is 1. The molecule has 0 bridgehead atoms. The molecule has 4 nitrogen and oxygen atoms in total. The molecule has 23 heavy (non-hydrogen) atoms. The fourth-order valence-corrected chi connectivity index (χ4v) is 2.45. The number of fused-ring (bicyclic) bond motifs is 1. The number of hydrogen-bond acceptors (Lipinski definition) is 3. The maximum atomic E-state index is 4.18. The second-order valence-electron chi connectivity index (χ2n) is 5.72. The van der Waals surface area contributed by atoms with Crippen molar-refractivity contribution in [1.29, 1.82) is 0 Å². The van der Waals surface area contributed by atoms with Gasteiger partial charge in [0.15, 0.2) is 0 Å². The molecule has 0 fully saturated rings. The first-order valence-electron chi connectivity index (χ1n) is 8.47. The summed E-state index contributed by atoms with van der Waals surface area (Å²) in [5.41, 5.74) is 3.25. The van der Waals surface area contributed by atoms with E-state index in [1.165, 1.54) is 37.5 Å². The Kier molecular flexibility index (Phi) is 7.24. The van der Waals surface area contributed by atoms with Crippen molar-refractivity contribution >= 4 is 10.9 Å². The predicted molar refractivity (Wildman–Crippen MR) is 95.3 cm³/mol. The summed E-state index contributed by atoms with van der Waals surface area (Å²) in [6, 6.07) is 12.1. The average Bonchev–Trinajstić information content (AvgIpc) is 3.00. The molecule has 4 heteroatoms. The summed E-state index contributed by atoms with van der Waals surface area (Å²) in [5, 5.41) is 11.9. The summed E-state index contributed by atoms with van der Waals surface area (Å²) in [5.74, 6) is 0. The first-order valence-corrected chi connectivity index (χ1v) is 8.47. The zero-order chi connectivity index (χ0) is 16.3. The highest BCUT2D eigenvalue weighted by atomic mass is 15.3. The topological polar surface area (TPSA) is 54.5 Å². The molecule has 2 heterocycles. The van der Waals surface area contributed by atoms with Crippen LogP contribution in [0, 0.1) is 6.92 Å². The lowest BCUT2D eigenvalue weighted by atomic mass is 10.1. The van der Waals surface area contributed by atoms with Crippen LogP contribution in [0.4, 0.5) is 0 Å². The van der Waals surface area contributed by atoms with Crippen LogP contribution in [-0.2, 0) is 6.42 Å². The van der Waals surface area contributed by atoms with Crippen molar-refractivity contribution in [3.63, 3.8) is 0 Å². The van der Waals surface area contributed by atoms with Gasteiger partial charge in [0.05, 0.1) is 16.9 Å². The lowest BCUT2D eigenvalue weighted by Gasteiger charge is -1.97. The van der Waals surface area contributed by atoms with E-state index < -0.39 is 0 Å². The Balaban J connectivity index is 0.000000172. The summed E-state index contributed by atoms with van der Waals surface area (Å²) in [4.78, 5) is 4.18. The van der Waals surface area contributed by atoms with E-state index in [2.05, 4.69) is 39.5 Å². The number of nitrogens with zero attached hydrogens (tertiary/aromatic N) is 3. The molecule has 0 saturated heterocycles. The van der Waals surface area contributed by atoms with Gasteiger partial charge in [-0.05, 0) is 31.9 Å². The van der Waals surface area contributed by atoms with Gasteiger partial charge < -0.3 is 0 Å². The fourth-order valence-electron chi connectivity index (χ4n) is 2.45. The van der Waals surface area contributed by atoms with E-state index in [1.54, 1.807) is 0 Å². The van der Waals surface area contributed by atoms with Gasteiger partial charge in [-0.2, -0.15) is 15.4 Å². The van der Waals surface area contributed by atoms with Gasteiger partial charge in [-0.3, -0.25) is 4.98 Å². The van der Waals surface area contributed by atoms with Crippen LogP contribution in [0.1, 0.15) is 50.4 Å². The monoisotopic (exact) mass is 310 g/mol. The maximum Gasteiger partial charge on any atom is 0.0853 e. The highest BCUT2D eigenvalue weighted by molar-refractivity contribution is 5.77. The number of unbranched alkanes of at least 4 members (excludes halogenated alkanes) is 4. The summed E-state index contributed by atoms with van der Waals surface area (Å²) >= 11 is 0. The van der Waals surface area contributed by atoms with Crippen LogP contribution in [0.2, 0.25) is 0 Å². The van der Waals surface area contributed by atoms with Crippen LogP contribution in [0.3, 0.4) is 0 Å². The van der Waals surface area contributed by atoms with Crippen molar-refractivity contribution in [1.82, 2.24) is 20.4 Å². The van der Waals surface area contributed by atoms with E-state index >= 15 is 0 Å². The molecule has 1 aromatic carbocycles. The van der Waals surface area contributed by atoms with Crippen LogP contribution in [0.25, 0.3) is 10.9 Å². The summed E-state index contributed by atoms with van der Waals surface area (Å²) in [7, 11) is 0. The van der Waals surface area contributed by atoms with Crippen LogP contribution in [0.15, 0.2) is 42.6 Å². The second-order valence-corrected chi connectivity index (χ2v) is 5.72. The van der Waals surface area contributed by atoms with Crippen LogP contribution in [-0.4, -0.2) is 20.4 Å². The smallest absolute Gasteiger partial charge is 0.0853 e. The maximum absolute atomic E-state index is 4.18. The molecule has 0 atom stereocenters. The van der Waals surface area contributed by atoms with Gasteiger partial charge in [0.25, 0.3) is 0 Å². The largest absolute Gasteiger partial charge is 0.256 e. The molecule has 1 N–H and O–H groups in total. The van der Waals surface area contributed by atoms with E-state index in [-0.39, 0.29) is 0 Å². The quantitative estimate of drug-likeness (QED) is 0.661. The van der Waals surface area contributed by atoms with Crippen molar-refractivity contribution in [3.8, 4) is 0 Å². The van der Waals surface area contributed by atoms with Crippen molar-refractivity contribution in [2.75, 3.05) is 0 Å². The molecule has 0 saturated carbocycles. The van der Waals surface area contributed by atoms with Gasteiger partial charge in [0.2, 0.25) is 0 Å². The molecule has 2 aromatic heterocycles. The van der Waals surface area contributed by atoms with Gasteiger partial charge in [-0.1, -0.05) is 56.9 Å². The molecular weight excluding hydrogens is 284 g/mol. The molecular formula is C19H26N4. The average molecular weight is 310 g/mol. The van der Waals surface area contributed by atoms with E-state index in [4.69, 9.17) is 0 Å². The van der Waals surface area contributed by atoms with Crippen molar-refractivity contribution in [2.24, 2.45) is 0 Å². The summed E-state index contributed by atoms with van der Waals surface area (Å²) in [6.07, 6.45) is 9.47. The highest BCUT2D eigenvalue weighted by Gasteiger charge is 2.01. The molecule has 0 aliphatic carbocycles. The van der Waals surface area contributed by atoms with Gasteiger partial charge in [0, 0.05) is 11.6 Å². The number of H-pyrrole nitrogens is 1. The second kappa shape index (κ2) is 9.72. The highest BCUT2D eigenvalue weighted by Crippen LogP contribution is 2.09. The molecule has 0 spiro atoms. The molecule has 0 aliphatic heterocycles. The van der Waals surface area contributed by atoms with E-state index in [0.717, 1.165) is 23.3 Å². The minimum Gasteiger partial charge on any atom is -0.256 e. The van der Waals surface area contributed by atoms with E-state index in [9.17, 15) is 0 Å². The summed E-state index contributed by atoms with van der Waals surface area (Å²) in [6.45, 7) is 4.24. The van der Waals surface area contributed by atoms with Gasteiger partial charge in [-0.25, -0.2) is 0 Å². The summed E-state index contributed by atoms with van der Waals surface area (Å²) < 4.78 is 0. The Bertz CT molecular complexity index is 625. The predicted octanol–water partition coefficient (Wildman–Crippen LogP) is 4.86. The number of aryl methyl sites for hydroxylation is 2. The lowest BCUT2D eigenvalue weighted by molar-refractivity contribution is 0.627. The number of para-hydroxylation sites is 1. The zero-order valence-electron chi connectivity index (χ0n) is 14.1. The van der Waals surface area contributed by atoms with Gasteiger partial charge >= 0.3 is 0 Å². The number of pyridine rings is 1. The Morgan fingerprint density at radius 1 is 0.913 bits per heavy atom. The third kappa shape index (κ3) is 5.81. The molecule has 3 aromatic rings. The van der Waals surface area contributed by atoms with Crippen molar-refractivity contribution in [2.45, 2.75) is 52.4 Å². The fraction of sp³-hybridized carbons (Fsp3) is 0.421. The molecule has 0 amide bonds. The lowest BCUT2D eigenvalue weighted by Crippen LogP contribution is -1.89. The van der Waals surface area contributed by atoms with E-state index in [0.29, 0.717) is 0 Å². The van der Waals surface area contributed by atoms with Gasteiger partial charge in [-0.15, -0.1) is 0 Å². The number of aromatic amines is 1. The van der Waals surface area contributed by atoms with Crippen molar-refractivity contribution < 1.29 is 0 Å². The molecule has 0 radical (unpaired) electrons.